The second-order valence-electron chi connectivity index (χ2n) is 3.66. The lowest BCUT2D eigenvalue weighted by atomic mass is 10.2. The minimum Gasteiger partial charge on any atom is -0.445 e. The maximum absolute atomic E-state index is 11.3. The normalized spacial score (nSPS) is 11.9. The van der Waals surface area contributed by atoms with Crippen molar-refractivity contribution in [3.05, 3.63) is 35.9 Å². The van der Waals surface area contributed by atoms with Crippen molar-refractivity contribution in [2.24, 2.45) is 0 Å². The number of nitrogens with one attached hydrogen (secondary N) is 2. The van der Waals surface area contributed by atoms with Crippen LogP contribution in [0.3, 0.4) is 0 Å². The fraction of sp³-hybridized carbons (Fsp3) is 0.417. The Morgan fingerprint density at radius 2 is 2.06 bits per heavy atom. The van der Waals surface area contributed by atoms with Crippen molar-refractivity contribution in [1.29, 1.82) is 0 Å². The van der Waals surface area contributed by atoms with E-state index in [1.165, 1.54) is 0 Å². The fourth-order valence-corrected chi connectivity index (χ4v) is 1.32. The third kappa shape index (κ3) is 4.79. The lowest BCUT2D eigenvalue weighted by Crippen LogP contribution is -2.39. The zero-order valence-electron chi connectivity index (χ0n) is 9.69. The number of carbonyl (C=O) groups excluding carboxylic acids is 1. The summed E-state index contributed by atoms with van der Waals surface area (Å²) in [6, 6.07) is 9.67. The van der Waals surface area contributed by atoms with Crippen molar-refractivity contribution in [2.75, 3.05) is 13.6 Å². The summed E-state index contributed by atoms with van der Waals surface area (Å²) in [7, 11) is 1.84. The summed E-state index contributed by atoms with van der Waals surface area (Å²) in [5.74, 6) is 0. The van der Waals surface area contributed by atoms with Crippen molar-refractivity contribution >= 4 is 6.09 Å². The predicted octanol–water partition coefficient (Wildman–Crippen LogP) is 1.52. The molecule has 1 aromatic rings. The number of rotatable bonds is 5. The van der Waals surface area contributed by atoms with E-state index in [9.17, 15) is 4.79 Å². The summed E-state index contributed by atoms with van der Waals surface area (Å²) in [4.78, 5) is 11.3. The van der Waals surface area contributed by atoms with Crippen molar-refractivity contribution in [3.63, 3.8) is 0 Å². The number of benzene rings is 1. The molecular weight excluding hydrogens is 204 g/mol. The van der Waals surface area contributed by atoms with Gasteiger partial charge in [-0.15, -0.1) is 0 Å². The monoisotopic (exact) mass is 222 g/mol. The maximum atomic E-state index is 11.3. The van der Waals surface area contributed by atoms with Crippen LogP contribution >= 0.6 is 0 Å². The molecule has 0 aromatic heterocycles. The number of carbonyl (C=O) groups is 1. The summed E-state index contributed by atoms with van der Waals surface area (Å²) >= 11 is 0. The molecule has 1 rings (SSSR count). The van der Waals surface area contributed by atoms with Gasteiger partial charge < -0.3 is 15.4 Å². The Balaban J connectivity index is 2.25. The Morgan fingerprint density at radius 3 is 2.69 bits per heavy atom. The molecule has 0 radical (unpaired) electrons. The van der Waals surface area contributed by atoms with Crippen LogP contribution in [0.1, 0.15) is 12.5 Å². The standard InChI is InChI=1S/C12H18N2O2/c1-10(8-13-2)14-12(15)16-9-11-6-4-3-5-7-11/h3-7,10,13H,8-9H2,1-2H3,(H,14,15). The molecule has 16 heavy (non-hydrogen) atoms. The topological polar surface area (TPSA) is 50.4 Å². The summed E-state index contributed by atoms with van der Waals surface area (Å²) in [6.07, 6.45) is -0.383. The van der Waals surface area contributed by atoms with Crippen LogP contribution in [0.15, 0.2) is 30.3 Å². The molecule has 88 valence electrons. The molecular formula is C12H18N2O2. The first-order valence-electron chi connectivity index (χ1n) is 5.34. The molecule has 1 amide bonds. The van der Waals surface area contributed by atoms with Gasteiger partial charge in [-0.25, -0.2) is 4.79 Å². The number of ether oxygens (including phenoxy) is 1. The Kier molecular flexibility index (Phi) is 5.36. The van der Waals surface area contributed by atoms with Gasteiger partial charge >= 0.3 is 6.09 Å². The first-order valence-corrected chi connectivity index (χ1v) is 5.34. The van der Waals surface area contributed by atoms with Crippen LogP contribution in [0.4, 0.5) is 4.79 Å². The van der Waals surface area contributed by atoms with Crippen molar-refractivity contribution in [2.45, 2.75) is 19.6 Å². The highest BCUT2D eigenvalue weighted by Crippen LogP contribution is 2.00. The van der Waals surface area contributed by atoms with E-state index in [4.69, 9.17) is 4.74 Å². The minimum absolute atomic E-state index is 0.0632. The van der Waals surface area contributed by atoms with E-state index in [0.717, 1.165) is 12.1 Å². The van der Waals surface area contributed by atoms with E-state index >= 15 is 0 Å². The van der Waals surface area contributed by atoms with Crippen molar-refractivity contribution in [1.82, 2.24) is 10.6 Å². The molecule has 0 bridgehead atoms. The predicted molar refractivity (Wildman–Crippen MR) is 63.2 cm³/mol. The van der Waals surface area contributed by atoms with Crippen LogP contribution in [-0.2, 0) is 11.3 Å². The van der Waals surface area contributed by atoms with Gasteiger partial charge in [0.05, 0.1) is 0 Å². The average Bonchev–Trinajstić information content (AvgIpc) is 2.28. The van der Waals surface area contributed by atoms with Crippen molar-refractivity contribution in [3.8, 4) is 0 Å². The molecule has 0 aliphatic heterocycles. The summed E-state index contributed by atoms with van der Waals surface area (Å²) in [6.45, 7) is 2.94. The van der Waals surface area contributed by atoms with Crippen LogP contribution in [0.5, 0.6) is 0 Å². The van der Waals surface area contributed by atoms with Gasteiger partial charge in [0.2, 0.25) is 0 Å². The Bertz CT molecular complexity index is 314. The molecule has 0 fully saturated rings. The molecule has 0 heterocycles. The first-order chi connectivity index (χ1) is 7.72. The summed E-state index contributed by atoms with van der Waals surface area (Å²) < 4.78 is 5.07. The maximum Gasteiger partial charge on any atom is 0.407 e. The van der Waals surface area contributed by atoms with Crippen LogP contribution in [-0.4, -0.2) is 25.7 Å². The van der Waals surface area contributed by atoms with Gasteiger partial charge in [-0.05, 0) is 19.5 Å². The minimum atomic E-state index is -0.383. The second-order valence-corrected chi connectivity index (χ2v) is 3.66. The average molecular weight is 222 g/mol. The number of amides is 1. The summed E-state index contributed by atoms with van der Waals surface area (Å²) in [5.41, 5.74) is 0.985. The molecule has 1 atom stereocenters. The lowest BCUT2D eigenvalue weighted by Gasteiger charge is -2.13. The number of hydrogen-bond acceptors (Lipinski definition) is 3. The molecule has 0 aliphatic carbocycles. The Hall–Kier alpha value is -1.55. The quantitative estimate of drug-likeness (QED) is 0.794. The number of alkyl carbamates (subject to hydrolysis) is 1. The van der Waals surface area contributed by atoms with E-state index in [0.29, 0.717) is 6.61 Å². The van der Waals surface area contributed by atoms with E-state index in [1.807, 2.05) is 44.3 Å². The zero-order valence-corrected chi connectivity index (χ0v) is 9.69. The third-order valence-electron chi connectivity index (χ3n) is 2.09. The van der Waals surface area contributed by atoms with Crippen LogP contribution in [0.25, 0.3) is 0 Å². The van der Waals surface area contributed by atoms with E-state index in [2.05, 4.69) is 10.6 Å². The number of hydrogen-bond donors (Lipinski definition) is 2. The van der Waals surface area contributed by atoms with E-state index < -0.39 is 0 Å². The van der Waals surface area contributed by atoms with Gasteiger partial charge in [0, 0.05) is 12.6 Å². The SMILES string of the molecule is CNCC(C)NC(=O)OCc1ccccc1. The van der Waals surface area contributed by atoms with Gasteiger partial charge in [-0.2, -0.15) is 0 Å². The van der Waals surface area contributed by atoms with Gasteiger partial charge in [0.1, 0.15) is 6.61 Å². The fourth-order valence-electron chi connectivity index (χ4n) is 1.32. The highest BCUT2D eigenvalue weighted by molar-refractivity contribution is 5.67. The lowest BCUT2D eigenvalue weighted by molar-refractivity contribution is 0.136. The molecule has 1 aromatic carbocycles. The molecule has 0 saturated carbocycles. The van der Waals surface area contributed by atoms with Gasteiger partial charge in [0.25, 0.3) is 0 Å². The Labute approximate surface area is 96.0 Å². The second kappa shape index (κ2) is 6.85. The highest BCUT2D eigenvalue weighted by atomic mass is 16.5. The zero-order chi connectivity index (χ0) is 11.8. The highest BCUT2D eigenvalue weighted by Gasteiger charge is 2.06. The van der Waals surface area contributed by atoms with Crippen LogP contribution in [0, 0.1) is 0 Å². The first kappa shape index (κ1) is 12.5. The smallest absolute Gasteiger partial charge is 0.407 e. The Morgan fingerprint density at radius 1 is 1.38 bits per heavy atom. The van der Waals surface area contributed by atoms with Crippen LogP contribution in [0.2, 0.25) is 0 Å². The third-order valence-corrected chi connectivity index (χ3v) is 2.09. The van der Waals surface area contributed by atoms with Gasteiger partial charge in [0.15, 0.2) is 0 Å². The van der Waals surface area contributed by atoms with E-state index in [1.54, 1.807) is 0 Å². The largest absolute Gasteiger partial charge is 0.445 e. The van der Waals surface area contributed by atoms with E-state index in [-0.39, 0.29) is 12.1 Å². The molecule has 0 spiro atoms. The molecule has 2 N–H and O–H groups in total. The molecule has 4 nitrogen and oxygen atoms in total. The molecule has 4 heteroatoms. The van der Waals surface area contributed by atoms with Crippen molar-refractivity contribution < 1.29 is 9.53 Å². The summed E-state index contributed by atoms with van der Waals surface area (Å²) in [5, 5.41) is 5.70. The number of likely N-dealkylation sites (N-methyl/N-ethyl adjacent to an activating group) is 1. The van der Waals surface area contributed by atoms with Gasteiger partial charge in [-0.1, -0.05) is 30.3 Å². The molecule has 0 aliphatic rings. The van der Waals surface area contributed by atoms with Crippen LogP contribution < -0.4 is 10.6 Å². The van der Waals surface area contributed by atoms with Gasteiger partial charge in [-0.3, -0.25) is 0 Å². The molecule has 1 unspecified atom stereocenters. The molecule has 0 saturated heterocycles.